The second-order valence-electron chi connectivity index (χ2n) is 6.93. The zero-order chi connectivity index (χ0) is 17.9. The Kier molecular flexibility index (Phi) is 5.27. The Balaban J connectivity index is 1.78. The summed E-state index contributed by atoms with van der Waals surface area (Å²) in [6.45, 7) is 1.92. The summed E-state index contributed by atoms with van der Waals surface area (Å²) in [7, 11) is 1.57. The molecule has 0 bridgehead atoms. The molecule has 2 heterocycles. The molecule has 1 aromatic carbocycles. The molecule has 0 saturated carbocycles. The van der Waals surface area contributed by atoms with Gasteiger partial charge in [-0.05, 0) is 55.9 Å². The highest BCUT2D eigenvalue weighted by molar-refractivity contribution is 5.95. The summed E-state index contributed by atoms with van der Waals surface area (Å²) < 4.78 is 10.7. The number of benzene rings is 1. The third kappa shape index (κ3) is 3.63. The number of piperidine rings is 1. The first kappa shape index (κ1) is 17.7. The zero-order valence-electron chi connectivity index (χ0n) is 14.6. The number of nitrogens with zero attached hydrogens (tertiary/aromatic N) is 1. The molecule has 0 aromatic heterocycles. The molecule has 25 heavy (non-hydrogen) atoms. The Morgan fingerprint density at radius 2 is 2.20 bits per heavy atom. The van der Waals surface area contributed by atoms with Crippen LogP contribution in [0.25, 0.3) is 0 Å². The number of methoxy groups -OCH3 is 1. The minimum atomic E-state index is -0.915. The SMILES string of the molecule is COCC[C@@]1(C(=O)O)CCCN(C(=O)c2ccc3c(c2)CCCO3)C1. The number of rotatable bonds is 5. The Morgan fingerprint density at radius 1 is 1.36 bits per heavy atom. The highest BCUT2D eigenvalue weighted by Gasteiger charge is 2.43. The van der Waals surface area contributed by atoms with Gasteiger partial charge in [-0.15, -0.1) is 0 Å². The van der Waals surface area contributed by atoms with Crippen LogP contribution in [0.3, 0.4) is 0 Å². The lowest BCUT2D eigenvalue weighted by atomic mass is 9.77. The molecule has 1 aromatic rings. The third-order valence-electron chi connectivity index (χ3n) is 5.26. The number of hydrogen-bond donors (Lipinski definition) is 1. The van der Waals surface area contributed by atoms with Crippen molar-refractivity contribution >= 4 is 11.9 Å². The van der Waals surface area contributed by atoms with Crippen molar-refractivity contribution in [3.8, 4) is 5.75 Å². The molecular weight excluding hydrogens is 322 g/mol. The van der Waals surface area contributed by atoms with Gasteiger partial charge in [0.25, 0.3) is 5.91 Å². The molecule has 2 aliphatic heterocycles. The summed E-state index contributed by atoms with van der Waals surface area (Å²) in [5.74, 6) is -0.0987. The van der Waals surface area contributed by atoms with E-state index in [1.54, 1.807) is 18.1 Å². The van der Waals surface area contributed by atoms with Crippen LogP contribution in [0.2, 0.25) is 0 Å². The molecule has 1 N–H and O–H groups in total. The molecule has 0 radical (unpaired) electrons. The van der Waals surface area contributed by atoms with Crippen LogP contribution in [0.5, 0.6) is 5.75 Å². The number of amides is 1. The van der Waals surface area contributed by atoms with Gasteiger partial charge >= 0.3 is 5.97 Å². The van der Waals surface area contributed by atoms with Gasteiger partial charge in [-0.25, -0.2) is 0 Å². The molecule has 6 heteroatoms. The number of aryl methyl sites for hydroxylation is 1. The van der Waals surface area contributed by atoms with Crippen molar-refractivity contribution in [2.24, 2.45) is 5.41 Å². The van der Waals surface area contributed by atoms with Crippen LogP contribution < -0.4 is 4.74 Å². The van der Waals surface area contributed by atoms with Crippen molar-refractivity contribution in [3.63, 3.8) is 0 Å². The molecule has 1 saturated heterocycles. The fourth-order valence-corrected chi connectivity index (χ4v) is 3.76. The predicted octanol–water partition coefficient (Wildman–Crippen LogP) is 2.36. The van der Waals surface area contributed by atoms with Gasteiger partial charge in [0.1, 0.15) is 5.75 Å². The van der Waals surface area contributed by atoms with Crippen LogP contribution in [-0.4, -0.2) is 55.3 Å². The summed E-state index contributed by atoms with van der Waals surface area (Å²) in [5, 5.41) is 9.73. The normalized spacial score (nSPS) is 22.8. The molecule has 1 fully saturated rings. The highest BCUT2D eigenvalue weighted by atomic mass is 16.5. The number of carbonyl (C=O) groups is 2. The monoisotopic (exact) mass is 347 g/mol. The maximum Gasteiger partial charge on any atom is 0.311 e. The standard InChI is InChI=1S/C19H25NO5/c1-24-11-8-19(18(22)23)7-3-9-20(13-19)17(21)15-5-6-16-14(12-15)4-2-10-25-16/h5-6,12H,2-4,7-11,13H2,1H3,(H,22,23)/t19-/m0/s1. The first-order chi connectivity index (χ1) is 12.1. The number of aliphatic carboxylic acids is 1. The second kappa shape index (κ2) is 7.44. The van der Waals surface area contributed by atoms with Crippen molar-refractivity contribution in [2.45, 2.75) is 32.1 Å². The average Bonchev–Trinajstić information content (AvgIpc) is 2.65. The number of likely N-dealkylation sites (tertiary alicyclic amines) is 1. The first-order valence-corrected chi connectivity index (χ1v) is 8.83. The van der Waals surface area contributed by atoms with Crippen molar-refractivity contribution in [1.82, 2.24) is 4.90 Å². The lowest BCUT2D eigenvalue weighted by molar-refractivity contribution is -0.153. The predicted molar refractivity (Wildman–Crippen MR) is 92.0 cm³/mol. The van der Waals surface area contributed by atoms with Gasteiger partial charge in [0.15, 0.2) is 0 Å². The summed E-state index contributed by atoms with van der Waals surface area (Å²) in [6.07, 6.45) is 3.54. The van der Waals surface area contributed by atoms with E-state index in [2.05, 4.69) is 0 Å². The van der Waals surface area contributed by atoms with Crippen molar-refractivity contribution in [2.75, 3.05) is 33.4 Å². The minimum Gasteiger partial charge on any atom is -0.493 e. The van der Waals surface area contributed by atoms with Gasteiger partial charge < -0.3 is 19.5 Å². The molecule has 136 valence electrons. The molecule has 6 nitrogen and oxygen atoms in total. The first-order valence-electron chi connectivity index (χ1n) is 8.83. The number of carbonyl (C=O) groups excluding carboxylic acids is 1. The van der Waals surface area contributed by atoms with Gasteiger partial charge in [-0.1, -0.05) is 0 Å². The van der Waals surface area contributed by atoms with Crippen LogP contribution in [0.15, 0.2) is 18.2 Å². The van der Waals surface area contributed by atoms with Crippen molar-refractivity contribution in [1.29, 1.82) is 0 Å². The number of carboxylic acids is 1. The van der Waals surface area contributed by atoms with E-state index >= 15 is 0 Å². The van der Waals surface area contributed by atoms with Crippen LogP contribution in [0.1, 0.15) is 41.6 Å². The van der Waals surface area contributed by atoms with E-state index < -0.39 is 11.4 Å². The molecule has 3 rings (SSSR count). The maximum absolute atomic E-state index is 12.9. The highest BCUT2D eigenvalue weighted by Crippen LogP contribution is 2.35. The van der Waals surface area contributed by atoms with Crippen LogP contribution in [0.4, 0.5) is 0 Å². The van der Waals surface area contributed by atoms with Gasteiger partial charge in [0.05, 0.1) is 12.0 Å². The zero-order valence-corrected chi connectivity index (χ0v) is 14.6. The molecule has 1 amide bonds. The number of hydrogen-bond acceptors (Lipinski definition) is 4. The molecule has 0 spiro atoms. The van der Waals surface area contributed by atoms with E-state index in [1.165, 1.54) is 0 Å². The molecule has 0 aliphatic carbocycles. The summed E-state index contributed by atoms with van der Waals surface area (Å²) >= 11 is 0. The minimum absolute atomic E-state index is 0.101. The Hall–Kier alpha value is -2.08. The van der Waals surface area contributed by atoms with E-state index in [0.29, 0.717) is 44.6 Å². The molecule has 0 unspecified atom stereocenters. The van der Waals surface area contributed by atoms with Crippen molar-refractivity contribution in [3.05, 3.63) is 29.3 Å². The van der Waals surface area contributed by atoms with Gasteiger partial charge in [-0.2, -0.15) is 0 Å². The number of carboxylic acid groups (broad SMARTS) is 1. The van der Waals surface area contributed by atoms with E-state index in [4.69, 9.17) is 9.47 Å². The van der Waals surface area contributed by atoms with Crippen LogP contribution >= 0.6 is 0 Å². The Bertz CT molecular complexity index is 659. The van der Waals surface area contributed by atoms with E-state index in [9.17, 15) is 14.7 Å². The topological polar surface area (TPSA) is 76.1 Å². The van der Waals surface area contributed by atoms with Crippen LogP contribution in [0, 0.1) is 5.41 Å². The fraction of sp³-hybridized carbons (Fsp3) is 0.579. The Morgan fingerprint density at radius 3 is 2.96 bits per heavy atom. The lowest BCUT2D eigenvalue weighted by Gasteiger charge is -2.40. The molecular formula is C19H25NO5. The van der Waals surface area contributed by atoms with Gasteiger partial charge in [0, 0.05) is 32.4 Å². The summed E-state index contributed by atoms with van der Waals surface area (Å²) in [5.41, 5.74) is 0.747. The number of ether oxygens (including phenoxy) is 2. The quantitative estimate of drug-likeness (QED) is 0.885. The van der Waals surface area contributed by atoms with E-state index in [-0.39, 0.29) is 12.5 Å². The third-order valence-corrected chi connectivity index (χ3v) is 5.26. The summed E-state index contributed by atoms with van der Waals surface area (Å²) in [6, 6.07) is 5.52. The Labute approximate surface area is 147 Å². The lowest BCUT2D eigenvalue weighted by Crippen LogP contribution is -2.50. The second-order valence-corrected chi connectivity index (χ2v) is 6.93. The molecule has 2 aliphatic rings. The fourth-order valence-electron chi connectivity index (χ4n) is 3.76. The van der Waals surface area contributed by atoms with E-state index in [0.717, 1.165) is 24.2 Å². The molecule has 1 atom stereocenters. The van der Waals surface area contributed by atoms with Crippen molar-refractivity contribution < 1.29 is 24.2 Å². The average molecular weight is 347 g/mol. The smallest absolute Gasteiger partial charge is 0.311 e. The number of fused-ring (bicyclic) bond motifs is 1. The largest absolute Gasteiger partial charge is 0.493 e. The summed E-state index contributed by atoms with van der Waals surface area (Å²) in [4.78, 5) is 26.5. The van der Waals surface area contributed by atoms with E-state index in [1.807, 2.05) is 12.1 Å². The van der Waals surface area contributed by atoms with Gasteiger partial charge in [-0.3, -0.25) is 9.59 Å². The maximum atomic E-state index is 12.9. The van der Waals surface area contributed by atoms with Gasteiger partial charge in [0.2, 0.25) is 0 Å². The van der Waals surface area contributed by atoms with Crippen LogP contribution in [-0.2, 0) is 16.0 Å².